The molecule has 4 aromatic rings. The summed E-state index contributed by atoms with van der Waals surface area (Å²) in [6.07, 6.45) is 0. The molecule has 0 aliphatic carbocycles. The van der Waals surface area contributed by atoms with Crippen LogP contribution in [0.4, 0.5) is 0 Å². The van der Waals surface area contributed by atoms with Crippen molar-refractivity contribution in [2.24, 2.45) is 0 Å². The molecule has 10 heteroatoms. The Morgan fingerprint density at radius 1 is 1.11 bits per heavy atom. The summed E-state index contributed by atoms with van der Waals surface area (Å²) < 4.78 is 29.9. The van der Waals surface area contributed by atoms with Crippen LogP contribution >= 0.6 is 11.3 Å². The molecule has 1 atom stereocenters. The average molecular weight is 414 g/mol. The molecule has 0 unspecified atom stereocenters. The summed E-state index contributed by atoms with van der Waals surface area (Å²) in [5, 5.41) is 7.68. The fourth-order valence-corrected chi connectivity index (χ4v) is 4.00. The monoisotopic (exact) mass is 414 g/mol. The maximum atomic E-state index is 12.6. The highest BCUT2D eigenvalue weighted by Crippen LogP contribution is 2.29. The summed E-state index contributed by atoms with van der Waals surface area (Å²) in [4.78, 5) is 17.0. The van der Waals surface area contributed by atoms with Crippen LogP contribution < -0.4 is 4.72 Å². The van der Waals surface area contributed by atoms with Crippen LogP contribution in [0.5, 0.6) is 0 Å². The van der Waals surface area contributed by atoms with Gasteiger partial charge in [-0.3, -0.25) is 4.79 Å². The molecular formula is C18H14N4O4S2. The van der Waals surface area contributed by atoms with E-state index in [2.05, 4.69) is 19.9 Å². The normalized spacial score (nSPS) is 12.5. The maximum Gasteiger partial charge on any atom is 0.291 e. The number of carbonyl (C=O) groups excluding carboxylic acids is 1. The third-order valence-electron chi connectivity index (χ3n) is 3.99. The number of rotatable bonds is 6. The molecule has 0 radical (unpaired) electrons. The van der Waals surface area contributed by atoms with Crippen molar-refractivity contribution in [2.75, 3.05) is 0 Å². The molecule has 0 aliphatic heterocycles. The first kappa shape index (κ1) is 18.4. The first-order valence-corrected chi connectivity index (χ1v) is 10.3. The van der Waals surface area contributed by atoms with Crippen molar-refractivity contribution >= 4 is 38.2 Å². The van der Waals surface area contributed by atoms with Gasteiger partial charge in [0.1, 0.15) is 0 Å². The summed E-state index contributed by atoms with van der Waals surface area (Å²) in [6, 6.07) is 15.0. The van der Waals surface area contributed by atoms with Gasteiger partial charge in [-0.15, -0.1) is 21.5 Å². The molecule has 0 amide bonds. The Kier molecular flexibility index (Phi) is 4.99. The van der Waals surface area contributed by atoms with E-state index in [1.807, 2.05) is 48.5 Å². The Morgan fingerprint density at radius 3 is 2.64 bits per heavy atom. The second kappa shape index (κ2) is 7.58. The molecule has 142 valence electrons. The lowest BCUT2D eigenvalue weighted by Gasteiger charge is -2.01. The molecular weight excluding hydrogens is 400 g/mol. The van der Waals surface area contributed by atoms with Crippen molar-refractivity contribution in [1.29, 1.82) is 0 Å². The number of nitrogens with one attached hydrogen (secondary N) is 1. The largest absolute Gasteiger partial charge is 0.416 e. The van der Waals surface area contributed by atoms with E-state index in [1.165, 1.54) is 18.3 Å². The van der Waals surface area contributed by atoms with Crippen LogP contribution in [0.3, 0.4) is 0 Å². The topological polar surface area (TPSA) is 115 Å². The number of ketones is 1. The third kappa shape index (κ3) is 3.70. The first-order chi connectivity index (χ1) is 13.5. The molecule has 2 aromatic heterocycles. The molecule has 0 bridgehead atoms. The van der Waals surface area contributed by atoms with Gasteiger partial charge in [-0.25, -0.2) is 18.1 Å². The van der Waals surface area contributed by atoms with Crippen LogP contribution in [-0.4, -0.2) is 29.4 Å². The van der Waals surface area contributed by atoms with Gasteiger partial charge in [0.25, 0.3) is 11.7 Å². The highest BCUT2D eigenvalue weighted by Gasteiger charge is 2.23. The van der Waals surface area contributed by atoms with Gasteiger partial charge in [0.15, 0.2) is 5.01 Å². The van der Waals surface area contributed by atoms with Crippen molar-refractivity contribution in [2.45, 2.75) is 13.0 Å². The Hall–Kier alpha value is -2.95. The predicted molar refractivity (Wildman–Crippen MR) is 105 cm³/mol. The van der Waals surface area contributed by atoms with E-state index in [0.29, 0.717) is 5.52 Å². The molecule has 0 fully saturated rings. The summed E-state index contributed by atoms with van der Waals surface area (Å²) in [6.45, 7) is 1.54. The van der Waals surface area contributed by atoms with Crippen LogP contribution in [0.25, 0.3) is 21.3 Å². The van der Waals surface area contributed by atoms with E-state index in [1.54, 1.807) is 0 Å². The third-order valence-corrected chi connectivity index (χ3v) is 5.61. The molecule has 0 aliphatic rings. The summed E-state index contributed by atoms with van der Waals surface area (Å²) in [7, 11) is -2.82. The zero-order valence-corrected chi connectivity index (χ0v) is 16.2. The van der Waals surface area contributed by atoms with E-state index in [-0.39, 0.29) is 16.8 Å². The lowest BCUT2D eigenvalue weighted by molar-refractivity contribution is 0.1000. The van der Waals surface area contributed by atoms with Crippen LogP contribution in [-0.2, 0) is 10.9 Å². The number of aromatic nitrogens is 3. The summed E-state index contributed by atoms with van der Waals surface area (Å²) in [5.41, 5.74) is 2.80. The quantitative estimate of drug-likeness (QED) is 0.368. The van der Waals surface area contributed by atoms with Crippen molar-refractivity contribution < 1.29 is 17.6 Å². The Morgan fingerprint density at radius 2 is 1.89 bits per heavy atom. The Balaban J connectivity index is 1.62. The van der Waals surface area contributed by atoms with Gasteiger partial charge in [0, 0.05) is 0 Å². The van der Waals surface area contributed by atoms with Crippen molar-refractivity contribution in [3.8, 4) is 11.1 Å². The average Bonchev–Trinajstić information content (AvgIpc) is 3.34. The number of benzene rings is 2. The number of hydrogen-bond donors (Lipinski definition) is 2. The van der Waals surface area contributed by atoms with Gasteiger partial charge in [-0.2, -0.15) is 0 Å². The van der Waals surface area contributed by atoms with Gasteiger partial charge in [-0.05, 0) is 30.2 Å². The minimum atomic E-state index is -2.82. The van der Waals surface area contributed by atoms with Crippen molar-refractivity contribution in [1.82, 2.24) is 19.9 Å². The van der Waals surface area contributed by atoms with E-state index in [4.69, 9.17) is 4.42 Å². The van der Waals surface area contributed by atoms with Crippen molar-refractivity contribution in [3.63, 3.8) is 0 Å². The molecule has 1 N–H and O–H groups in total. The lowest BCUT2D eigenvalue weighted by atomic mass is 10.1. The van der Waals surface area contributed by atoms with Gasteiger partial charge < -0.3 is 4.42 Å². The van der Waals surface area contributed by atoms with Gasteiger partial charge >= 0.3 is 0 Å². The number of hydrogen-bond acceptors (Lipinski definition) is 8. The number of fused-ring (bicyclic) bond motifs is 1. The number of thiazole rings is 1. The first-order valence-electron chi connectivity index (χ1n) is 8.26. The summed E-state index contributed by atoms with van der Waals surface area (Å²) in [5.74, 6) is -0.720. The standard InChI is InChI=1S/C18H14N4O4S2/c1-10(22-28(24)25)16-20-21-17(26-16)15(23)18-19-13-8-7-12(9-14(13)27-18)11-5-3-2-4-6-11/h2-10,28H,1H3,(H,22,24,25)/t10-/m1/s1. The molecule has 2 heterocycles. The molecule has 0 saturated heterocycles. The zero-order chi connectivity index (χ0) is 19.7. The Labute approximate surface area is 165 Å². The van der Waals surface area contributed by atoms with E-state index >= 15 is 0 Å². The smallest absolute Gasteiger partial charge is 0.291 e. The van der Waals surface area contributed by atoms with Crippen LogP contribution in [0, 0.1) is 0 Å². The highest BCUT2D eigenvalue weighted by atomic mass is 32.2. The van der Waals surface area contributed by atoms with Gasteiger partial charge in [0.05, 0.1) is 16.3 Å². The Bertz CT molecular complexity index is 1220. The van der Waals surface area contributed by atoms with Crippen LogP contribution in [0.1, 0.15) is 34.5 Å². The van der Waals surface area contributed by atoms with Crippen molar-refractivity contribution in [3.05, 3.63) is 65.3 Å². The van der Waals surface area contributed by atoms with Gasteiger partial charge in [-0.1, -0.05) is 36.4 Å². The second-order valence-electron chi connectivity index (χ2n) is 5.95. The van der Waals surface area contributed by atoms with E-state index in [0.717, 1.165) is 15.8 Å². The number of carbonyl (C=O) groups is 1. The number of nitrogens with zero attached hydrogens (tertiary/aromatic N) is 3. The molecule has 28 heavy (non-hydrogen) atoms. The fraction of sp³-hybridized carbons (Fsp3) is 0.111. The summed E-state index contributed by atoms with van der Waals surface area (Å²) >= 11 is 1.24. The molecule has 8 nitrogen and oxygen atoms in total. The van der Waals surface area contributed by atoms with E-state index < -0.39 is 22.7 Å². The minimum absolute atomic E-state index is 0.00928. The predicted octanol–water partition coefficient (Wildman–Crippen LogP) is 2.75. The minimum Gasteiger partial charge on any atom is -0.416 e. The van der Waals surface area contributed by atoms with Crippen LogP contribution in [0.15, 0.2) is 52.9 Å². The lowest BCUT2D eigenvalue weighted by Crippen LogP contribution is -2.16. The molecule has 2 aromatic carbocycles. The maximum absolute atomic E-state index is 12.6. The molecule has 4 rings (SSSR count). The SMILES string of the molecule is C[C@@H](N[SH](=O)=O)c1nnc(C(=O)c2nc3ccc(-c4ccccc4)cc3s2)o1. The second-order valence-corrected chi connectivity index (χ2v) is 7.75. The molecule has 0 saturated carbocycles. The van der Waals surface area contributed by atoms with E-state index in [9.17, 15) is 13.2 Å². The van der Waals surface area contributed by atoms with Crippen LogP contribution in [0.2, 0.25) is 0 Å². The fourth-order valence-electron chi connectivity index (χ4n) is 2.64. The highest BCUT2D eigenvalue weighted by molar-refractivity contribution is 7.70. The van der Waals surface area contributed by atoms with Gasteiger partial charge in [0.2, 0.25) is 16.8 Å². The molecule has 0 spiro atoms. The number of thiol groups is 1. The zero-order valence-electron chi connectivity index (χ0n) is 14.5.